The number of hydrogen-bond donors (Lipinski definition) is 1. The Morgan fingerprint density at radius 1 is 1.25 bits per heavy atom. The molecule has 0 radical (unpaired) electrons. The largest absolute Gasteiger partial charge is 0.313 e. The zero-order valence-electron chi connectivity index (χ0n) is 11.6. The number of nitrogens with one attached hydrogen (secondary N) is 1. The standard InChI is InChI=1S/C14H29NS/c1-6-7-15-13-9-11(4)8-12(5)14(13)16-10(2)3/h10-15H,6-9H2,1-5H3. The van der Waals surface area contributed by atoms with Gasteiger partial charge < -0.3 is 5.32 Å². The third-order valence-electron chi connectivity index (χ3n) is 3.47. The maximum Gasteiger partial charge on any atom is 0.0229 e. The van der Waals surface area contributed by atoms with Gasteiger partial charge in [0.05, 0.1) is 0 Å². The summed E-state index contributed by atoms with van der Waals surface area (Å²) in [6.07, 6.45) is 4.03. The van der Waals surface area contributed by atoms with Crippen molar-refractivity contribution in [2.75, 3.05) is 6.54 Å². The van der Waals surface area contributed by atoms with Gasteiger partial charge in [0.1, 0.15) is 0 Å². The van der Waals surface area contributed by atoms with Crippen molar-refractivity contribution >= 4 is 11.8 Å². The van der Waals surface area contributed by atoms with Crippen molar-refractivity contribution in [3.05, 3.63) is 0 Å². The zero-order chi connectivity index (χ0) is 12.1. The van der Waals surface area contributed by atoms with Crippen LogP contribution in [0.4, 0.5) is 0 Å². The number of hydrogen-bond acceptors (Lipinski definition) is 2. The minimum absolute atomic E-state index is 0.742. The predicted octanol–water partition coefficient (Wildman–Crippen LogP) is 3.93. The third kappa shape index (κ3) is 4.29. The Hall–Kier alpha value is 0.310. The Bertz CT molecular complexity index is 193. The highest BCUT2D eigenvalue weighted by molar-refractivity contribution is 8.00. The molecule has 2 heteroatoms. The fraction of sp³-hybridized carbons (Fsp3) is 1.00. The Morgan fingerprint density at radius 3 is 2.50 bits per heavy atom. The van der Waals surface area contributed by atoms with Crippen LogP contribution in [0.25, 0.3) is 0 Å². The van der Waals surface area contributed by atoms with Gasteiger partial charge in [0.25, 0.3) is 0 Å². The summed E-state index contributed by atoms with van der Waals surface area (Å²) < 4.78 is 0. The van der Waals surface area contributed by atoms with Crippen LogP contribution in [0.15, 0.2) is 0 Å². The second kappa shape index (κ2) is 6.90. The first-order valence-electron chi connectivity index (χ1n) is 6.93. The Balaban J connectivity index is 2.57. The quantitative estimate of drug-likeness (QED) is 0.785. The van der Waals surface area contributed by atoms with Gasteiger partial charge in [-0.05, 0) is 42.9 Å². The van der Waals surface area contributed by atoms with E-state index in [1.54, 1.807) is 0 Å². The lowest BCUT2D eigenvalue weighted by molar-refractivity contribution is 0.249. The summed E-state index contributed by atoms with van der Waals surface area (Å²) in [6.45, 7) is 12.9. The fourth-order valence-electron chi connectivity index (χ4n) is 2.90. The molecule has 96 valence electrons. The van der Waals surface area contributed by atoms with Crippen LogP contribution < -0.4 is 5.32 Å². The van der Waals surface area contributed by atoms with Gasteiger partial charge in [-0.25, -0.2) is 0 Å². The lowest BCUT2D eigenvalue weighted by Gasteiger charge is -2.40. The summed E-state index contributed by atoms with van der Waals surface area (Å²) in [7, 11) is 0. The molecule has 0 spiro atoms. The van der Waals surface area contributed by atoms with Crippen LogP contribution in [0.2, 0.25) is 0 Å². The summed E-state index contributed by atoms with van der Waals surface area (Å²) in [5.41, 5.74) is 0. The molecule has 1 aliphatic carbocycles. The van der Waals surface area contributed by atoms with Crippen molar-refractivity contribution in [1.82, 2.24) is 5.32 Å². The number of thioether (sulfide) groups is 1. The van der Waals surface area contributed by atoms with Crippen molar-refractivity contribution in [2.24, 2.45) is 11.8 Å². The van der Waals surface area contributed by atoms with Crippen molar-refractivity contribution in [2.45, 2.75) is 70.4 Å². The lowest BCUT2D eigenvalue weighted by Crippen LogP contribution is -2.47. The average molecular weight is 243 g/mol. The van der Waals surface area contributed by atoms with Gasteiger partial charge in [-0.15, -0.1) is 0 Å². The van der Waals surface area contributed by atoms with E-state index in [9.17, 15) is 0 Å². The molecule has 0 heterocycles. The van der Waals surface area contributed by atoms with Crippen LogP contribution in [-0.2, 0) is 0 Å². The molecule has 0 bridgehead atoms. The molecule has 0 aromatic carbocycles. The molecule has 1 rings (SSSR count). The molecule has 1 saturated carbocycles. The normalized spacial score (nSPS) is 35.6. The minimum atomic E-state index is 0.742. The smallest absolute Gasteiger partial charge is 0.0229 e. The highest BCUT2D eigenvalue weighted by atomic mass is 32.2. The molecule has 4 unspecified atom stereocenters. The van der Waals surface area contributed by atoms with Crippen LogP contribution in [0.1, 0.15) is 53.9 Å². The van der Waals surface area contributed by atoms with E-state index in [-0.39, 0.29) is 0 Å². The monoisotopic (exact) mass is 243 g/mol. The summed E-state index contributed by atoms with van der Waals surface area (Å²) in [5, 5.41) is 5.34. The maximum absolute atomic E-state index is 3.77. The van der Waals surface area contributed by atoms with Gasteiger partial charge >= 0.3 is 0 Å². The molecular weight excluding hydrogens is 214 g/mol. The molecular formula is C14H29NS. The SMILES string of the molecule is CCCNC1CC(C)CC(C)C1SC(C)C. The highest BCUT2D eigenvalue weighted by Crippen LogP contribution is 2.38. The summed E-state index contributed by atoms with van der Waals surface area (Å²) in [5.74, 6) is 1.76. The predicted molar refractivity (Wildman–Crippen MR) is 76.2 cm³/mol. The molecule has 0 aromatic heterocycles. The van der Waals surface area contributed by atoms with Crippen LogP contribution in [0, 0.1) is 11.8 Å². The summed E-state index contributed by atoms with van der Waals surface area (Å²) >= 11 is 2.18. The van der Waals surface area contributed by atoms with Crippen molar-refractivity contribution in [1.29, 1.82) is 0 Å². The Labute approximate surface area is 106 Å². The lowest BCUT2D eigenvalue weighted by atomic mass is 9.80. The van der Waals surface area contributed by atoms with Crippen molar-refractivity contribution in [3.8, 4) is 0 Å². The van der Waals surface area contributed by atoms with Gasteiger partial charge in [0, 0.05) is 11.3 Å². The van der Waals surface area contributed by atoms with Gasteiger partial charge in [-0.2, -0.15) is 11.8 Å². The van der Waals surface area contributed by atoms with Crippen LogP contribution in [-0.4, -0.2) is 23.1 Å². The first-order valence-corrected chi connectivity index (χ1v) is 7.87. The van der Waals surface area contributed by atoms with Crippen LogP contribution in [0.5, 0.6) is 0 Å². The van der Waals surface area contributed by atoms with Gasteiger partial charge in [0.15, 0.2) is 0 Å². The maximum atomic E-state index is 3.77. The van der Waals surface area contributed by atoms with Gasteiger partial charge in [-0.3, -0.25) is 0 Å². The van der Waals surface area contributed by atoms with Gasteiger partial charge in [-0.1, -0.05) is 34.6 Å². The van der Waals surface area contributed by atoms with E-state index >= 15 is 0 Å². The Kier molecular flexibility index (Phi) is 6.20. The second-order valence-corrected chi connectivity index (χ2v) is 7.52. The van der Waals surface area contributed by atoms with Crippen LogP contribution >= 0.6 is 11.8 Å². The van der Waals surface area contributed by atoms with Crippen molar-refractivity contribution < 1.29 is 0 Å². The van der Waals surface area contributed by atoms with E-state index in [0.717, 1.165) is 28.4 Å². The molecule has 1 N–H and O–H groups in total. The molecule has 1 fully saturated rings. The first kappa shape index (κ1) is 14.4. The molecule has 0 saturated heterocycles. The van der Waals surface area contributed by atoms with E-state index in [1.807, 2.05) is 0 Å². The molecule has 1 nitrogen and oxygen atoms in total. The van der Waals surface area contributed by atoms with E-state index in [4.69, 9.17) is 0 Å². The third-order valence-corrected chi connectivity index (χ3v) is 5.13. The zero-order valence-corrected chi connectivity index (χ0v) is 12.4. The van der Waals surface area contributed by atoms with Gasteiger partial charge in [0.2, 0.25) is 0 Å². The molecule has 0 aromatic rings. The first-order chi connectivity index (χ1) is 7.54. The minimum Gasteiger partial charge on any atom is -0.313 e. The highest BCUT2D eigenvalue weighted by Gasteiger charge is 2.34. The molecule has 4 atom stereocenters. The number of rotatable bonds is 5. The van der Waals surface area contributed by atoms with E-state index in [0.29, 0.717) is 0 Å². The fourth-order valence-corrected chi connectivity index (χ4v) is 4.31. The van der Waals surface area contributed by atoms with Crippen molar-refractivity contribution in [3.63, 3.8) is 0 Å². The molecule has 1 aliphatic rings. The van der Waals surface area contributed by atoms with E-state index in [1.165, 1.54) is 25.8 Å². The molecule has 0 aliphatic heterocycles. The molecule has 0 amide bonds. The second-order valence-electron chi connectivity index (χ2n) is 5.76. The van der Waals surface area contributed by atoms with Crippen LogP contribution in [0.3, 0.4) is 0 Å². The Morgan fingerprint density at radius 2 is 1.94 bits per heavy atom. The van der Waals surface area contributed by atoms with E-state index < -0.39 is 0 Å². The molecule has 16 heavy (non-hydrogen) atoms. The average Bonchev–Trinajstić information content (AvgIpc) is 2.19. The topological polar surface area (TPSA) is 12.0 Å². The van der Waals surface area contributed by atoms with E-state index in [2.05, 4.69) is 51.7 Å². The summed E-state index contributed by atoms with van der Waals surface area (Å²) in [6, 6.07) is 0.742. The summed E-state index contributed by atoms with van der Waals surface area (Å²) in [4.78, 5) is 0.